The predicted octanol–water partition coefficient (Wildman–Crippen LogP) is 2.99. The normalized spacial score (nSPS) is 13.7. The van der Waals surface area contributed by atoms with Gasteiger partial charge in [0, 0.05) is 18.8 Å². The Morgan fingerprint density at radius 3 is 2.60 bits per heavy atom. The molecule has 0 aliphatic carbocycles. The first-order chi connectivity index (χ1) is 9.21. The van der Waals surface area contributed by atoms with E-state index >= 15 is 0 Å². The Morgan fingerprint density at radius 2 is 2.05 bits per heavy atom. The summed E-state index contributed by atoms with van der Waals surface area (Å²) in [5, 5.41) is 0.209. The Labute approximate surface area is 130 Å². The van der Waals surface area contributed by atoms with E-state index in [0.29, 0.717) is 5.69 Å². The molecule has 0 saturated carbocycles. The van der Waals surface area contributed by atoms with E-state index < -0.39 is 10.0 Å². The summed E-state index contributed by atoms with van der Waals surface area (Å²) < 4.78 is 26.6. The van der Waals surface area contributed by atoms with Crippen LogP contribution >= 0.6 is 23.4 Å². The van der Waals surface area contributed by atoms with Crippen LogP contribution in [-0.2, 0) is 10.0 Å². The van der Waals surface area contributed by atoms with Gasteiger partial charge in [-0.1, -0.05) is 11.6 Å². The van der Waals surface area contributed by atoms with E-state index in [9.17, 15) is 8.42 Å². The molecule has 1 unspecified atom stereocenters. The molecule has 4 nitrogen and oxygen atoms in total. The highest BCUT2D eigenvalue weighted by Crippen LogP contribution is 2.29. The number of hydrogen-bond donors (Lipinski definition) is 1. The molecular weight excluding hydrogens is 316 g/mol. The van der Waals surface area contributed by atoms with Gasteiger partial charge >= 0.3 is 0 Å². The molecule has 0 radical (unpaired) electrons. The smallest absolute Gasteiger partial charge is 0.244 e. The van der Waals surface area contributed by atoms with Crippen LogP contribution in [0.25, 0.3) is 0 Å². The molecule has 0 fully saturated rings. The Bertz CT molecular complexity index is 576. The molecule has 1 rings (SSSR count). The van der Waals surface area contributed by atoms with Gasteiger partial charge in [0.1, 0.15) is 4.90 Å². The Morgan fingerprint density at radius 1 is 1.45 bits per heavy atom. The van der Waals surface area contributed by atoms with Crippen LogP contribution in [0.15, 0.2) is 17.0 Å². The number of nitrogens with two attached hydrogens (primary N) is 1. The summed E-state index contributed by atoms with van der Waals surface area (Å²) in [6, 6.07) is 2.93. The van der Waals surface area contributed by atoms with Crippen LogP contribution in [0, 0.1) is 6.92 Å². The van der Waals surface area contributed by atoms with E-state index in [0.717, 1.165) is 17.7 Å². The molecule has 0 aliphatic heterocycles. The highest BCUT2D eigenvalue weighted by Gasteiger charge is 2.27. The lowest BCUT2D eigenvalue weighted by Crippen LogP contribution is -2.35. The quantitative estimate of drug-likeness (QED) is 0.811. The summed E-state index contributed by atoms with van der Waals surface area (Å²) in [4.78, 5) is 0.0702. The fraction of sp³-hybridized carbons (Fsp3) is 0.538. The zero-order chi connectivity index (χ0) is 15.5. The molecule has 114 valence electrons. The lowest BCUT2D eigenvalue weighted by Gasteiger charge is -2.25. The van der Waals surface area contributed by atoms with Crippen molar-refractivity contribution >= 4 is 39.1 Å². The van der Waals surface area contributed by atoms with Crippen LogP contribution in [-0.4, -0.2) is 37.8 Å². The van der Waals surface area contributed by atoms with E-state index in [2.05, 4.69) is 0 Å². The van der Waals surface area contributed by atoms with E-state index in [1.54, 1.807) is 31.8 Å². The summed E-state index contributed by atoms with van der Waals surface area (Å²) >= 11 is 7.77. The van der Waals surface area contributed by atoms with Crippen molar-refractivity contribution in [2.24, 2.45) is 0 Å². The maximum Gasteiger partial charge on any atom is 0.244 e. The maximum absolute atomic E-state index is 12.6. The average molecular weight is 337 g/mol. The van der Waals surface area contributed by atoms with Crippen molar-refractivity contribution in [2.45, 2.75) is 31.2 Å². The number of benzene rings is 1. The van der Waals surface area contributed by atoms with Gasteiger partial charge in [0.25, 0.3) is 0 Å². The number of halogens is 1. The molecule has 0 heterocycles. The van der Waals surface area contributed by atoms with Crippen molar-refractivity contribution in [3.63, 3.8) is 0 Å². The zero-order valence-corrected chi connectivity index (χ0v) is 14.6. The molecular formula is C13H21ClN2O2S2. The highest BCUT2D eigenvalue weighted by atomic mass is 35.5. The third-order valence-electron chi connectivity index (χ3n) is 3.34. The number of nitrogens with zero attached hydrogens (tertiary/aromatic N) is 1. The van der Waals surface area contributed by atoms with Crippen molar-refractivity contribution in [2.75, 3.05) is 24.8 Å². The molecule has 0 aliphatic rings. The van der Waals surface area contributed by atoms with Crippen LogP contribution in [0.2, 0.25) is 5.02 Å². The maximum atomic E-state index is 12.6. The second kappa shape index (κ2) is 7.02. The van der Waals surface area contributed by atoms with Crippen LogP contribution in [0.4, 0.5) is 5.69 Å². The molecule has 1 atom stereocenters. The predicted molar refractivity (Wildman–Crippen MR) is 88.0 cm³/mol. The number of anilines is 1. The molecule has 0 bridgehead atoms. The zero-order valence-electron chi connectivity index (χ0n) is 12.2. The minimum atomic E-state index is -3.63. The molecule has 7 heteroatoms. The van der Waals surface area contributed by atoms with Gasteiger partial charge in [0.2, 0.25) is 10.0 Å². The lowest BCUT2D eigenvalue weighted by atomic mass is 10.2. The van der Waals surface area contributed by atoms with Gasteiger partial charge in [-0.2, -0.15) is 16.1 Å². The second-order valence-electron chi connectivity index (χ2n) is 4.79. The fourth-order valence-electron chi connectivity index (χ4n) is 1.73. The van der Waals surface area contributed by atoms with Crippen LogP contribution < -0.4 is 5.73 Å². The van der Waals surface area contributed by atoms with Gasteiger partial charge in [-0.25, -0.2) is 8.42 Å². The van der Waals surface area contributed by atoms with Gasteiger partial charge in [0.15, 0.2) is 0 Å². The summed E-state index contributed by atoms with van der Waals surface area (Å²) in [6.07, 6.45) is 2.79. The Hall–Kier alpha value is -0.430. The Balaban J connectivity index is 3.13. The standard InChI is InChI=1S/C13H21ClN2O2S2/c1-9-7-11(14)13(8-12(9)15)20(17,18)16(3)10(2)5-6-19-4/h7-8,10H,5-6,15H2,1-4H3. The number of aryl methyl sites for hydroxylation is 1. The van der Waals surface area contributed by atoms with E-state index in [1.807, 2.05) is 13.2 Å². The van der Waals surface area contributed by atoms with Gasteiger partial charge in [-0.05, 0) is 50.0 Å². The number of sulfonamides is 1. The van der Waals surface area contributed by atoms with E-state index in [4.69, 9.17) is 17.3 Å². The number of rotatable bonds is 6. The Kier molecular flexibility index (Phi) is 6.19. The molecule has 0 aromatic heterocycles. The van der Waals surface area contributed by atoms with Gasteiger partial charge in [-0.3, -0.25) is 0 Å². The molecule has 0 saturated heterocycles. The number of nitrogen functional groups attached to an aromatic ring is 1. The molecule has 20 heavy (non-hydrogen) atoms. The second-order valence-corrected chi connectivity index (χ2v) is 8.15. The van der Waals surface area contributed by atoms with Crippen LogP contribution in [0.3, 0.4) is 0 Å². The topological polar surface area (TPSA) is 63.4 Å². The summed E-state index contributed by atoms with van der Waals surface area (Å²) in [6.45, 7) is 3.68. The minimum absolute atomic E-state index is 0.0702. The molecule has 1 aromatic rings. The van der Waals surface area contributed by atoms with Crippen molar-refractivity contribution in [1.29, 1.82) is 0 Å². The third-order valence-corrected chi connectivity index (χ3v) is 6.42. The largest absolute Gasteiger partial charge is 0.398 e. The highest BCUT2D eigenvalue weighted by molar-refractivity contribution is 7.98. The van der Waals surface area contributed by atoms with Crippen molar-refractivity contribution < 1.29 is 8.42 Å². The minimum Gasteiger partial charge on any atom is -0.398 e. The molecule has 1 aromatic carbocycles. The van der Waals surface area contributed by atoms with Crippen molar-refractivity contribution in [3.8, 4) is 0 Å². The lowest BCUT2D eigenvalue weighted by molar-refractivity contribution is 0.382. The molecule has 0 spiro atoms. The van der Waals surface area contributed by atoms with Gasteiger partial charge in [0.05, 0.1) is 5.02 Å². The molecule has 2 N–H and O–H groups in total. The third kappa shape index (κ3) is 3.81. The summed E-state index contributed by atoms with van der Waals surface area (Å²) in [5.74, 6) is 0.908. The van der Waals surface area contributed by atoms with E-state index in [1.165, 1.54) is 10.4 Å². The van der Waals surface area contributed by atoms with Gasteiger partial charge < -0.3 is 5.73 Å². The summed E-state index contributed by atoms with van der Waals surface area (Å²) in [5.41, 5.74) is 7.00. The van der Waals surface area contributed by atoms with Crippen LogP contribution in [0.1, 0.15) is 18.9 Å². The molecule has 0 amide bonds. The first-order valence-corrected chi connectivity index (χ1v) is 9.45. The number of hydrogen-bond acceptors (Lipinski definition) is 4. The fourth-order valence-corrected chi connectivity index (χ4v) is 4.29. The number of thioether (sulfide) groups is 1. The SMILES string of the molecule is CSCCC(C)N(C)S(=O)(=O)c1cc(N)c(C)cc1Cl. The first-order valence-electron chi connectivity index (χ1n) is 6.24. The van der Waals surface area contributed by atoms with Gasteiger partial charge in [-0.15, -0.1) is 0 Å². The summed E-state index contributed by atoms with van der Waals surface area (Å²) in [7, 11) is -2.05. The van der Waals surface area contributed by atoms with Crippen molar-refractivity contribution in [1.82, 2.24) is 4.31 Å². The average Bonchev–Trinajstić information content (AvgIpc) is 2.38. The van der Waals surface area contributed by atoms with Crippen molar-refractivity contribution in [3.05, 3.63) is 22.7 Å². The van der Waals surface area contributed by atoms with E-state index in [-0.39, 0.29) is 16.0 Å². The van der Waals surface area contributed by atoms with Crippen LogP contribution in [0.5, 0.6) is 0 Å². The first kappa shape index (κ1) is 17.6. The monoisotopic (exact) mass is 336 g/mol.